The first-order chi connectivity index (χ1) is 27.5. The van der Waals surface area contributed by atoms with Gasteiger partial charge in [-0.3, -0.25) is 9.69 Å². The number of amides is 3. The molecule has 3 saturated heterocycles. The van der Waals surface area contributed by atoms with Crippen LogP contribution in [0.25, 0.3) is 44.2 Å². The molecule has 0 spiro atoms. The number of nitrogens with zero attached hydrogens (tertiary/aromatic N) is 4. The van der Waals surface area contributed by atoms with Gasteiger partial charge in [-0.1, -0.05) is 30.3 Å². The van der Waals surface area contributed by atoms with Gasteiger partial charge >= 0.3 is 12.2 Å². The maximum Gasteiger partial charge on any atom is 0.411 e. The Balaban J connectivity index is 0.864. The second-order valence-corrected chi connectivity index (χ2v) is 17.6. The van der Waals surface area contributed by atoms with Crippen LogP contribution in [0.4, 0.5) is 9.59 Å². The Morgan fingerprint density at radius 3 is 2.19 bits per heavy atom. The number of aromatic nitrogens is 4. The maximum absolute atomic E-state index is 14.2. The summed E-state index contributed by atoms with van der Waals surface area (Å²) in [7, 11) is 1.33. The number of hydrogen-bond acceptors (Lipinski definition) is 8. The van der Waals surface area contributed by atoms with Gasteiger partial charge in [0.1, 0.15) is 23.3 Å². The Bertz CT molecular complexity index is 2390. The van der Waals surface area contributed by atoms with Crippen molar-refractivity contribution < 1.29 is 28.6 Å². The van der Waals surface area contributed by atoms with Crippen LogP contribution in [0.1, 0.15) is 83.0 Å². The molecule has 5 fully saturated rings. The van der Waals surface area contributed by atoms with E-state index in [4.69, 9.17) is 24.2 Å². The van der Waals surface area contributed by atoms with Gasteiger partial charge in [0.05, 0.1) is 35.9 Å². The molecule has 5 aliphatic rings. The molecule has 57 heavy (non-hydrogen) atoms. The first-order valence-electron chi connectivity index (χ1n) is 20.4. The van der Waals surface area contributed by atoms with Crippen LogP contribution in [0.15, 0.2) is 60.8 Å². The highest BCUT2D eigenvalue weighted by molar-refractivity contribution is 5.92. The summed E-state index contributed by atoms with van der Waals surface area (Å²) >= 11 is 0. The highest BCUT2D eigenvalue weighted by Crippen LogP contribution is 2.55. The topological polar surface area (TPSA) is 155 Å². The number of aromatic amines is 2. The Morgan fingerprint density at radius 1 is 0.825 bits per heavy atom. The lowest BCUT2D eigenvalue weighted by Gasteiger charge is -2.35. The zero-order valence-electron chi connectivity index (χ0n) is 32.8. The van der Waals surface area contributed by atoms with Crippen molar-refractivity contribution in [1.29, 1.82) is 0 Å². The number of carbonyl (C=O) groups is 3. The molecule has 296 valence electrons. The van der Waals surface area contributed by atoms with Crippen LogP contribution in [0, 0.1) is 17.8 Å². The quantitative estimate of drug-likeness (QED) is 0.152. The molecule has 3 N–H and O–H groups in total. The number of ether oxygens (including phenoxy) is 3. The van der Waals surface area contributed by atoms with E-state index < -0.39 is 17.7 Å². The molecule has 3 aliphatic heterocycles. The predicted octanol–water partition coefficient (Wildman–Crippen LogP) is 7.66. The summed E-state index contributed by atoms with van der Waals surface area (Å²) in [4.78, 5) is 60.6. The zero-order valence-corrected chi connectivity index (χ0v) is 32.8. The number of carbonyl (C=O) groups excluding carboxylic acids is 3. The first kappa shape index (κ1) is 35.9. The minimum Gasteiger partial charge on any atom is -0.453 e. The van der Waals surface area contributed by atoms with Crippen LogP contribution < -0.4 is 5.32 Å². The third-order valence-corrected chi connectivity index (χ3v) is 12.7. The lowest BCUT2D eigenvalue weighted by atomic mass is 9.90. The van der Waals surface area contributed by atoms with E-state index in [-0.39, 0.29) is 42.1 Å². The zero-order chi connectivity index (χ0) is 39.2. The van der Waals surface area contributed by atoms with Crippen LogP contribution in [-0.4, -0.2) is 91.9 Å². The summed E-state index contributed by atoms with van der Waals surface area (Å²) in [6, 6.07) is 18.6. The SMILES string of the molecule is COC(=O)N[C@H](C(=O)N1[C@@H]2C[C@@H]2C[C@H]1c1nc(-c2ccc3cc(-c4ccc5nc(C6C[C@H]7C[C@H]7N6C(=O)OC(C)(C)C)[nH]c5c4)ccc3c2)c[nH]1)C1CCOCC1. The summed E-state index contributed by atoms with van der Waals surface area (Å²) < 4.78 is 16.2. The van der Waals surface area contributed by atoms with Gasteiger partial charge in [-0.15, -0.1) is 0 Å². The number of methoxy groups -OCH3 is 1. The Morgan fingerprint density at radius 2 is 1.47 bits per heavy atom. The first-order valence-corrected chi connectivity index (χ1v) is 20.4. The number of H-pyrrole nitrogens is 2. The van der Waals surface area contributed by atoms with Crippen molar-refractivity contribution in [1.82, 2.24) is 35.1 Å². The van der Waals surface area contributed by atoms with Crippen molar-refractivity contribution in [2.45, 2.75) is 95.1 Å². The van der Waals surface area contributed by atoms with E-state index in [0.717, 1.165) is 81.5 Å². The molecule has 2 aliphatic carbocycles. The lowest BCUT2D eigenvalue weighted by molar-refractivity contribution is -0.138. The molecule has 2 saturated carbocycles. The van der Waals surface area contributed by atoms with Crippen LogP contribution >= 0.6 is 0 Å². The van der Waals surface area contributed by atoms with E-state index in [1.54, 1.807) is 0 Å². The molecule has 13 nitrogen and oxygen atoms in total. The van der Waals surface area contributed by atoms with E-state index in [1.165, 1.54) is 7.11 Å². The molecule has 2 aromatic heterocycles. The number of rotatable bonds is 7. The fraction of sp³-hybridized carbons (Fsp3) is 0.477. The van der Waals surface area contributed by atoms with E-state index in [0.29, 0.717) is 37.9 Å². The largest absolute Gasteiger partial charge is 0.453 e. The van der Waals surface area contributed by atoms with E-state index in [2.05, 4.69) is 63.8 Å². The van der Waals surface area contributed by atoms with Crippen molar-refractivity contribution in [3.8, 4) is 22.4 Å². The van der Waals surface area contributed by atoms with Gasteiger partial charge in [-0.25, -0.2) is 19.6 Å². The smallest absolute Gasteiger partial charge is 0.411 e. The molecule has 5 heterocycles. The van der Waals surface area contributed by atoms with E-state index >= 15 is 0 Å². The standard InChI is InChI=1S/C44H49N7O6/c1-44(2,3)57-43(54)51-35-19-30(35)21-37(51)40-46-31-10-9-27(17-32(31)47-40)25-5-6-26-16-28(8-7-24(26)15-25)33-22-45-39(48-33)36-20-29-18-34(29)50(36)41(52)38(49-42(53)55-4)23-11-13-56-14-12-23/h5-10,15-17,22-23,29-30,34-38H,11-14,18-21H2,1-4H3,(H,45,48)(H,46,47)(H,49,53)/t29-,30-,34-,35-,36+,37?,38+/m1/s1. The summed E-state index contributed by atoms with van der Waals surface area (Å²) in [6.45, 7) is 6.85. The van der Waals surface area contributed by atoms with Crippen LogP contribution in [-0.2, 0) is 19.0 Å². The second-order valence-electron chi connectivity index (χ2n) is 17.6. The normalized spacial score (nSPS) is 26.0. The molecule has 13 heteroatoms. The van der Waals surface area contributed by atoms with Crippen LogP contribution in [0.3, 0.4) is 0 Å². The third kappa shape index (κ3) is 6.69. The molecule has 10 rings (SSSR count). The van der Waals surface area contributed by atoms with Gasteiger partial charge in [0, 0.05) is 37.1 Å². The summed E-state index contributed by atoms with van der Waals surface area (Å²) in [5.74, 6) is 2.46. The second kappa shape index (κ2) is 13.6. The molecule has 1 unspecified atom stereocenters. The number of piperidine rings is 2. The number of hydrogen-bond donors (Lipinski definition) is 3. The van der Waals surface area contributed by atoms with Crippen molar-refractivity contribution in [2.24, 2.45) is 17.8 Å². The van der Waals surface area contributed by atoms with Crippen molar-refractivity contribution in [2.75, 3.05) is 20.3 Å². The minimum atomic E-state index is -0.666. The van der Waals surface area contributed by atoms with Crippen LogP contribution in [0.5, 0.6) is 0 Å². The number of benzene rings is 3. The molecular formula is C44H49N7O6. The summed E-state index contributed by atoms with van der Waals surface area (Å²) in [6.07, 6.45) is 6.25. The Kier molecular flexibility index (Phi) is 8.58. The molecule has 0 bridgehead atoms. The fourth-order valence-electron chi connectivity index (χ4n) is 9.68. The molecule has 3 aromatic carbocycles. The highest BCUT2D eigenvalue weighted by atomic mass is 16.6. The number of likely N-dealkylation sites (tertiary alicyclic amines) is 2. The highest BCUT2D eigenvalue weighted by Gasteiger charge is 2.57. The molecule has 3 amide bonds. The van der Waals surface area contributed by atoms with Gasteiger partial charge in [0.25, 0.3) is 0 Å². The van der Waals surface area contributed by atoms with Crippen molar-refractivity contribution >= 4 is 39.9 Å². The summed E-state index contributed by atoms with van der Waals surface area (Å²) in [5.41, 5.74) is 5.25. The maximum atomic E-state index is 14.2. The Labute approximate surface area is 330 Å². The average Bonchev–Trinajstić information content (AvgIpc) is 3.82. The van der Waals surface area contributed by atoms with Gasteiger partial charge in [-0.05, 0) is 123 Å². The van der Waals surface area contributed by atoms with Gasteiger partial charge in [-0.2, -0.15) is 0 Å². The van der Waals surface area contributed by atoms with Crippen molar-refractivity contribution in [3.63, 3.8) is 0 Å². The third-order valence-electron chi connectivity index (χ3n) is 12.7. The van der Waals surface area contributed by atoms with E-state index in [9.17, 15) is 14.4 Å². The van der Waals surface area contributed by atoms with Crippen LogP contribution in [0.2, 0.25) is 0 Å². The molecule has 7 atom stereocenters. The number of nitrogens with one attached hydrogen (secondary N) is 3. The monoisotopic (exact) mass is 771 g/mol. The summed E-state index contributed by atoms with van der Waals surface area (Å²) in [5, 5.41) is 5.07. The molecular weight excluding hydrogens is 723 g/mol. The predicted molar refractivity (Wildman–Crippen MR) is 213 cm³/mol. The van der Waals surface area contributed by atoms with Gasteiger partial charge in [0.15, 0.2) is 0 Å². The number of imidazole rings is 2. The molecule has 0 radical (unpaired) electrons. The minimum absolute atomic E-state index is 0.0129. The Hall–Kier alpha value is -5.43. The van der Waals surface area contributed by atoms with Gasteiger partial charge < -0.3 is 34.4 Å². The lowest BCUT2D eigenvalue weighted by Crippen LogP contribution is -2.54. The van der Waals surface area contributed by atoms with Gasteiger partial charge in [0.2, 0.25) is 5.91 Å². The average molecular weight is 772 g/mol. The fourth-order valence-corrected chi connectivity index (χ4v) is 9.68. The number of fused-ring (bicyclic) bond motifs is 4. The number of alkyl carbamates (subject to hydrolysis) is 1. The molecule has 5 aromatic rings. The van der Waals surface area contributed by atoms with Crippen molar-refractivity contribution in [3.05, 3.63) is 72.4 Å². The van der Waals surface area contributed by atoms with E-state index in [1.807, 2.05) is 42.8 Å².